The van der Waals surface area contributed by atoms with Crippen molar-refractivity contribution in [1.29, 1.82) is 0 Å². The summed E-state index contributed by atoms with van der Waals surface area (Å²) >= 11 is 0. The van der Waals surface area contributed by atoms with E-state index in [-0.39, 0.29) is 131 Å². The van der Waals surface area contributed by atoms with Gasteiger partial charge in [0, 0.05) is 98.5 Å². The van der Waals surface area contributed by atoms with Gasteiger partial charge in [-0.1, -0.05) is 27.7 Å². The van der Waals surface area contributed by atoms with Crippen molar-refractivity contribution in [2.45, 2.75) is 183 Å². The van der Waals surface area contributed by atoms with Crippen molar-refractivity contribution >= 4 is 47.8 Å². The number of rotatable bonds is 13. The van der Waals surface area contributed by atoms with Crippen molar-refractivity contribution in [3.63, 3.8) is 0 Å². The second kappa shape index (κ2) is 39.4. The first-order valence-electron chi connectivity index (χ1n) is 25.4. The van der Waals surface area contributed by atoms with Crippen LogP contribution in [0.25, 0.3) is 0 Å². The van der Waals surface area contributed by atoms with Gasteiger partial charge in [0.25, 0.3) is 0 Å². The van der Waals surface area contributed by atoms with Gasteiger partial charge in [-0.15, -0.1) is 0 Å². The van der Waals surface area contributed by atoms with E-state index in [1.165, 1.54) is 74.2 Å². The van der Waals surface area contributed by atoms with Gasteiger partial charge in [0.2, 0.25) is 0 Å². The number of carbonyl (C=O) groups excluding carboxylic acids is 8. The van der Waals surface area contributed by atoms with Crippen molar-refractivity contribution in [2.75, 3.05) is 39.6 Å². The third-order valence-corrected chi connectivity index (χ3v) is 11.6. The van der Waals surface area contributed by atoms with Gasteiger partial charge < -0.3 is 92.2 Å². The fourth-order valence-electron chi connectivity index (χ4n) is 7.26. The van der Waals surface area contributed by atoms with Gasteiger partial charge in [0.15, 0.2) is 12.6 Å². The van der Waals surface area contributed by atoms with E-state index in [2.05, 4.69) is 4.74 Å². The number of esters is 8. The molecule has 2 fully saturated rings. The van der Waals surface area contributed by atoms with E-state index in [0.29, 0.717) is 0 Å². The molecule has 0 aromatic carbocycles. The Morgan fingerprint density at radius 3 is 1.13 bits per heavy atom. The van der Waals surface area contributed by atoms with Crippen molar-refractivity contribution in [3.8, 4) is 0 Å². The lowest BCUT2D eigenvalue weighted by Crippen LogP contribution is -2.51. The Balaban J connectivity index is 0.000000958. The molecule has 0 bridgehead atoms. The van der Waals surface area contributed by atoms with Crippen LogP contribution < -0.4 is 0 Å². The summed E-state index contributed by atoms with van der Waals surface area (Å²) in [4.78, 5) is 86.1. The molecule has 0 spiro atoms. The molecule has 0 aromatic rings. The average Bonchev–Trinajstić information content (AvgIpc) is 3.34. The maximum atomic E-state index is 10.9. The summed E-state index contributed by atoms with van der Waals surface area (Å²) in [5, 5.41) is 54.2. The summed E-state index contributed by atoms with van der Waals surface area (Å²) in [6.45, 7) is 19.9. The molecule has 6 N–H and O–H groups in total. The van der Waals surface area contributed by atoms with E-state index in [4.69, 9.17) is 67.1 Å². The van der Waals surface area contributed by atoms with E-state index in [9.17, 15) is 58.8 Å². The van der Waals surface area contributed by atoms with Crippen molar-refractivity contribution in [2.24, 2.45) is 23.7 Å². The molecule has 27 heteroatoms. The molecule has 17 unspecified atom stereocenters. The number of aliphatic hydroxyl groups is 6. The van der Waals surface area contributed by atoms with Crippen LogP contribution in [0.15, 0.2) is 37.0 Å². The standard InChI is InChI=1S/C11H18O6.2C11H16O5.C10H16O7.C7H12O3.C2H6O/c1-6-9(16-8(3)13)4-11(14)17-10(6)5-15-7(2)12;2*1-7-10(16-9(3)13)4-5-14-11(7)6-15-8(2)12;1-5(11)15-4-8-10(14)7(16-6(2)12)3-9(13)17-8;1-5-6(9)2-3-10-7(5)4-8;1-2-3/h6,9-11,14H,4-5H2,1-3H3;2*4-5,7,10-11H,6H2,1-3H3;7-10,13-14H,3-4H2,1-2H3;2-3,5-9H,4H2,1H3;3H,2H2,1H3. The van der Waals surface area contributed by atoms with Crippen LogP contribution in [0.3, 0.4) is 0 Å². The number of carbonyl (C=O) groups is 8. The molecule has 0 aliphatic carbocycles. The Labute approximate surface area is 460 Å². The highest BCUT2D eigenvalue weighted by molar-refractivity contribution is 5.68. The molecule has 27 nitrogen and oxygen atoms in total. The second-order valence-electron chi connectivity index (χ2n) is 18.3. The molecule has 17 atom stereocenters. The van der Waals surface area contributed by atoms with Crippen LogP contribution >= 0.6 is 0 Å². The molecule has 2 saturated heterocycles. The van der Waals surface area contributed by atoms with E-state index in [1.54, 1.807) is 25.2 Å². The van der Waals surface area contributed by atoms with Crippen LogP contribution in [0, 0.1) is 23.7 Å². The molecule has 5 aliphatic rings. The maximum absolute atomic E-state index is 10.9. The zero-order valence-corrected chi connectivity index (χ0v) is 47.2. The topological polar surface area (TPSA) is 378 Å². The number of aliphatic hydroxyl groups excluding tert-OH is 6. The van der Waals surface area contributed by atoms with Crippen LogP contribution in [0.4, 0.5) is 0 Å². The molecule has 0 saturated carbocycles. The first-order chi connectivity index (χ1) is 37.0. The molecule has 0 amide bonds. The highest BCUT2D eigenvalue weighted by Gasteiger charge is 2.40. The largest absolute Gasteiger partial charge is 0.495 e. The first kappa shape index (κ1) is 73.1. The predicted molar refractivity (Wildman–Crippen MR) is 270 cm³/mol. The Hall–Kier alpha value is -5.94. The number of ether oxygens (including phenoxy) is 13. The molecular formula is C52H84O27. The second-order valence-corrected chi connectivity index (χ2v) is 18.3. The molecule has 5 rings (SSSR count). The fraction of sp³-hybridized carbons (Fsp3) is 0.731. The summed E-state index contributed by atoms with van der Waals surface area (Å²) in [5.74, 6) is -3.53. The van der Waals surface area contributed by atoms with Gasteiger partial charge in [0.1, 0.15) is 87.5 Å². The van der Waals surface area contributed by atoms with Gasteiger partial charge in [-0.3, -0.25) is 38.4 Å². The third-order valence-electron chi connectivity index (χ3n) is 11.6. The lowest BCUT2D eigenvalue weighted by atomic mass is 9.93. The van der Waals surface area contributed by atoms with Crippen LogP contribution in [0.2, 0.25) is 0 Å². The molecule has 0 radical (unpaired) electrons. The van der Waals surface area contributed by atoms with E-state index >= 15 is 0 Å². The summed E-state index contributed by atoms with van der Waals surface area (Å²) in [6, 6.07) is 0. The molecule has 5 heterocycles. The summed E-state index contributed by atoms with van der Waals surface area (Å²) in [6.07, 6.45) is 1.63. The van der Waals surface area contributed by atoms with Crippen LogP contribution in [-0.4, -0.2) is 198 Å². The summed E-state index contributed by atoms with van der Waals surface area (Å²) in [5.41, 5.74) is 0. The van der Waals surface area contributed by atoms with E-state index in [1.807, 2.05) is 27.7 Å². The smallest absolute Gasteiger partial charge is 0.303 e. The van der Waals surface area contributed by atoms with Crippen molar-refractivity contribution in [3.05, 3.63) is 37.0 Å². The van der Waals surface area contributed by atoms with Gasteiger partial charge >= 0.3 is 47.8 Å². The summed E-state index contributed by atoms with van der Waals surface area (Å²) in [7, 11) is 0. The molecule has 0 aromatic heterocycles. The third kappa shape index (κ3) is 31.4. The van der Waals surface area contributed by atoms with Crippen LogP contribution in [-0.2, 0) is 99.9 Å². The molecule has 5 aliphatic heterocycles. The highest BCUT2D eigenvalue weighted by Crippen LogP contribution is 2.28. The Morgan fingerprint density at radius 1 is 0.430 bits per heavy atom. The minimum atomic E-state index is -1.16. The lowest BCUT2D eigenvalue weighted by molar-refractivity contribution is -0.247. The summed E-state index contributed by atoms with van der Waals surface area (Å²) < 4.78 is 65.2. The average molecular weight is 1140 g/mol. The van der Waals surface area contributed by atoms with Gasteiger partial charge in [-0.25, -0.2) is 0 Å². The zero-order chi connectivity index (χ0) is 60.5. The fourth-order valence-corrected chi connectivity index (χ4v) is 7.26. The molecular weight excluding hydrogens is 1060 g/mol. The minimum Gasteiger partial charge on any atom is -0.495 e. The normalized spacial score (nSPS) is 30.7. The SMILES string of the molecule is CC(=O)OCC1OC(O)CC(OC(C)=O)C1C.CC(=O)OCC1OC(O)CC(OC(C)=O)C1O.CC(=O)OCC1OC=CC(OC(C)=O)C1C.CC(=O)OCC1OC=CC(OC(C)=O)C1C.CC1C(O)C=COC1CO.CCO. The Kier molecular flexibility index (Phi) is 36.5. The number of hydrogen-bond acceptors (Lipinski definition) is 27. The van der Waals surface area contributed by atoms with Gasteiger partial charge in [-0.2, -0.15) is 0 Å². The first-order valence-corrected chi connectivity index (χ1v) is 25.4. The number of hydrogen-bond donors (Lipinski definition) is 6. The monoisotopic (exact) mass is 1140 g/mol. The Bertz CT molecular complexity index is 1820. The molecule has 79 heavy (non-hydrogen) atoms. The molecule has 454 valence electrons. The predicted octanol–water partition coefficient (Wildman–Crippen LogP) is 1.12. The zero-order valence-electron chi connectivity index (χ0n) is 47.2. The van der Waals surface area contributed by atoms with Crippen molar-refractivity contribution in [1.82, 2.24) is 0 Å². The lowest BCUT2D eigenvalue weighted by Gasteiger charge is -2.37. The minimum absolute atomic E-state index is 0.0165. The maximum Gasteiger partial charge on any atom is 0.303 e. The highest BCUT2D eigenvalue weighted by atomic mass is 16.7. The quantitative estimate of drug-likeness (QED) is 0.111. The van der Waals surface area contributed by atoms with E-state index in [0.717, 1.165) is 0 Å². The van der Waals surface area contributed by atoms with E-state index < -0.39 is 73.1 Å². The van der Waals surface area contributed by atoms with Gasteiger partial charge in [0.05, 0.1) is 31.5 Å². The van der Waals surface area contributed by atoms with Gasteiger partial charge in [-0.05, 0) is 25.2 Å². The van der Waals surface area contributed by atoms with Crippen LogP contribution in [0.1, 0.15) is 103 Å². The van der Waals surface area contributed by atoms with Crippen LogP contribution in [0.5, 0.6) is 0 Å². The van der Waals surface area contributed by atoms with Crippen molar-refractivity contribution < 1.29 is 131 Å². The Morgan fingerprint density at radius 2 is 0.759 bits per heavy atom.